The van der Waals surface area contributed by atoms with Crippen LogP contribution in [0.5, 0.6) is 0 Å². The van der Waals surface area contributed by atoms with E-state index in [1.54, 1.807) is 0 Å². The van der Waals surface area contributed by atoms with E-state index >= 15 is 0 Å². The topological polar surface area (TPSA) is 56.3 Å². The summed E-state index contributed by atoms with van der Waals surface area (Å²) in [5, 5.41) is 7.13. The summed E-state index contributed by atoms with van der Waals surface area (Å²) >= 11 is 0. The highest BCUT2D eigenvalue weighted by atomic mass is 15.2. The second-order valence-corrected chi connectivity index (χ2v) is 16.9. The fourth-order valence-electron chi connectivity index (χ4n) is 9.00. The zero-order valence-corrected chi connectivity index (χ0v) is 36.2. The van der Waals surface area contributed by atoms with Crippen LogP contribution in [0.3, 0.4) is 0 Å². The molecule has 0 bridgehead atoms. The Bertz CT molecular complexity index is 3130. The number of nitrogens with one attached hydrogen (secondary N) is 2. The zero-order valence-electron chi connectivity index (χ0n) is 36.2. The SMILES string of the molecule is Cc1cccc2nc(-c3ccc(N(C4=CC=CC5CC45)c4ccc(Nc5ccccc5)cc4)cc3)c(-c3ccc(N(C4=CC=C(Nc5ccccc5)CC=C4)c4ccccc4)cc3)nc12. The molecule has 0 saturated heterocycles. The zero-order chi connectivity index (χ0) is 43.5. The van der Waals surface area contributed by atoms with Crippen LogP contribution in [0.4, 0.5) is 39.8 Å². The van der Waals surface area contributed by atoms with Gasteiger partial charge in [-0.3, -0.25) is 0 Å². The number of anilines is 7. The van der Waals surface area contributed by atoms with E-state index in [-0.39, 0.29) is 0 Å². The fourth-order valence-corrected chi connectivity index (χ4v) is 9.00. The molecule has 314 valence electrons. The molecule has 1 aromatic heterocycles. The number of hydrogen-bond acceptors (Lipinski definition) is 6. The van der Waals surface area contributed by atoms with Crippen molar-refractivity contribution in [3.8, 4) is 22.5 Å². The van der Waals surface area contributed by atoms with Gasteiger partial charge in [-0.2, -0.15) is 0 Å². The second kappa shape index (κ2) is 17.5. The smallest absolute Gasteiger partial charge is 0.0973 e. The number of fused-ring (bicyclic) bond motifs is 2. The molecule has 11 rings (SSSR count). The van der Waals surface area contributed by atoms with Crippen LogP contribution < -0.4 is 20.4 Å². The molecule has 1 fully saturated rings. The Balaban J connectivity index is 0.939. The van der Waals surface area contributed by atoms with Gasteiger partial charge in [-0.15, -0.1) is 0 Å². The minimum Gasteiger partial charge on any atom is -0.359 e. The molecular weight excluding hydrogens is 793 g/mol. The summed E-state index contributed by atoms with van der Waals surface area (Å²) in [6, 6.07) is 63.8. The average Bonchev–Trinajstić information content (AvgIpc) is 4.19. The largest absolute Gasteiger partial charge is 0.359 e. The lowest BCUT2D eigenvalue weighted by molar-refractivity contribution is 0.871. The van der Waals surface area contributed by atoms with Crippen molar-refractivity contribution in [1.82, 2.24) is 9.97 Å². The summed E-state index contributed by atoms with van der Waals surface area (Å²) in [6.45, 7) is 2.11. The number of benzene rings is 7. The molecule has 6 heteroatoms. The van der Waals surface area contributed by atoms with Crippen molar-refractivity contribution in [3.05, 3.63) is 247 Å². The normalized spacial score (nSPS) is 16.1. The molecule has 7 aromatic carbocycles. The third-order valence-corrected chi connectivity index (χ3v) is 12.4. The maximum absolute atomic E-state index is 5.38. The monoisotopic (exact) mass is 840 g/mol. The van der Waals surface area contributed by atoms with Crippen LogP contribution in [-0.2, 0) is 0 Å². The Kier molecular flexibility index (Phi) is 10.7. The van der Waals surface area contributed by atoms with Crippen LogP contribution in [-0.4, -0.2) is 9.97 Å². The number of allylic oxidation sites excluding steroid dienone is 8. The highest BCUT2D eigenvalue weighted by molar-refractivity contribution is 5.89. The van der Waals surface area contributed by atoms with E-state index in [0.717, 1.165) is 96.7 Å². The maximum atomic E-state index is 5.38. The number of nitrogens with zero attached hydrogens (tertiary/aromatic N) is 4. The molecule has 2 N–H and O–H groups in total. The Morgan fingerprint density at radius 2 is 1.08 bits per heavy atom. The minimum absolute atomic E-state index is 0.518. The van der Waals surface area contributed by atoms with Crippen LogP contribution >= 0.6 is 0 Å². The first-order valence-electron chi connectivity index (χ1n) is 22.4. The van der Waals surface area contributed by atoms with Gasteiger partial charge in [0.25, 0.3) is 0 Å². The highest BCUT2D eigenvalue weighted by Gasteiger charge is 2.42. The number of rotatable bonds is 12. The lowest BCUT2D eigenvalue weighted by atomic mass is 10.0. The fraction of sp³-hybridized carbons (Fsp3) is 0.0847. The first kappa shape index (κ1) is 39.6. The second-order valence-electron chi connectivity index (χ2n) is 16.9. The Morgan fingerprint density at radius 1 is 0.508 bits per heavy atom. The number of aromatic nitrogens is 2. The van der Waals surface area contributed by atoms with Crippen LogP contribution in [0.25, 0.3) is 33.5 Å². The van der Waals surface area contributed by atoms with Gasteiger partial charge in [0.05, 0.1) is 22.4 Å². The van der Waals surface area contributed by atoms with Crippen LogP contribution in [0.2, 0.25) is 0 Å². The van der Waals surface area contributed by atoms with E-state index in [0.29, 0.717) is 11.8 Å². The van der Waals surface area contributed by atoms with Gasteiger partial charge in [0.1, 0.15) is 0 Å². The molecule has 65 heavy (non-hydrogen) atoms. The maximum Gasteiger partial charge on any atom is 0.0973 e. The predicted molar refractivity (Wildman–Crippen MR) is 271 cm³/mol. The molecule has 1 heterocycles. The van der Waals surface area contributed by atoms with Crippen LogP contribution in [0.15, 0.2) is 242 Å². The molecule has 8 aromatic rings. The summed E-state index contributed by atoms with van der Waals surface area (Å²) in [6.07, 6.45) is 17.6. The number of aryl methyl sites for hydroxylation is 1. The first-order chi connectivity index (χ1) is 32.1. The third-order valence-electron chi connectivity index (χ3n) is 12.4. The van der Waals surface area contributed by atoms with Gasteiger partial charge in [0, 0.05) is 80.4 Å². The average molecular weight is 841 g/mol. The van der Waals surface area contributed by atoms with E-state index < -0.39 is 0 Å². The molecule has 0 aliphatic heterocycles. The molecule has 3 aliphatic carbocycles. The van der Waals surface area contributed by atoms with Crippen molar-refractivity contribution < 1.29 is 0 Å². The van der Waals surface area contributed by atoms with Crippen molar-refractivity contribution in [2.75, 3.05) is 20.4 Å². The molecule has 6 nitrogen and oxygen atoms in total. The van der Waals surface area contributed by atoms with Crippen LogP contribution in [0.1, 0.15) is 18.4 Å². The highest BCUT2D eigenvalue weighted by Crippen LogP contribution is 2.51. The van der Waals surface area contributed by atoms with Gasteiger partial charge in [-0.1, -0.05) is 109 Å². The van der Waals surface area contributed by atoms with E-state index in [2.05, 4.69) is 228 Å². The predicted octanol–water partition coefficient (Wildman–Crippen LogP) is 15.2. The van der Waals surface area contributed by atoms with E-state index in [1.165, 1.54) is 12.1 Å². The lowest BCUT2D eigenvalue weighted by Crippen LogP contribution is -2.19. The van der Waals surface area contributed by atoms with Gasteiger partial charge in [-0.25, -0.2) is 9.97 Å². The number of para-hydroxylation sites is 4. The quantitative estimate of drug-likeness (QED) is 0.128. The lowest BCUT2D eigenvalue weighted by Gasteiger charge is -2.29. The minimum atomic E-state index is 0.518. The Hall–Kier alpha value is -8.22. The van der Waals surface area contributed by atoms with Gasteiger partial charge >= 0.3 is 0 Å². The molecule has 2 unspecified atom stereocenters. The standard InChI is InChI=1S/C59H48N6/c1-41-14-11-24-55-57(41)63-59(43-26-33-51(34-27-43)64(49-21-9-4-10-22-49)50-23-13-20-47(30-37-50)60-45-16-5-2-6-17-45)58(62-55)42-28-35-52(36-29-42)65(56-25-12-15-44-40-54(44)56)53-38-31-48(32-39-53)61-46-18-7-3-8-19-46/h2-19,21-39,44,54,60-61H,20,40H2,1H3. The summed E-state index contributed by atoms with van der Waals surface area (Å²) in [5.41, 5.74) is 17.7. The summed E-state index contributed by atoms with van der Waals surface area (Å²) < 4.78 is 0. The Labute approximate surface area is 381 Å². The van der Waals surface area contributed by atoms with Crippen molar-refractivity contribution in [2.45, 2.75) is 19.8 Å². The van der Waals surface area contributed by atoms with E-state index in [4.69, 9.17) is 9.97 Å². The number of hydrogen-bond donors (Lipinski definition) is 2. The van der Waals surface area contributed by atoms with Gasteiger partial charge in [-0.05, 0) is 140 Å². The molecule has 0 amide bonds. The molecular formula is C59H48N6. The van der Waals surface area contributed by atoms with Crippen molar-refractivity contribution in [1.29, 1.82) is 0 Å². The van der Waals surface area contributed by atoms with Gasteiger partial charge in [0.15, 0.2) is 0 Å². The molecule has 2 atom stereocenters. The third kappa shape index (κ3) is 8.38. The summed E-state index contributed by atoms with van der Waals surface area (Å²) in [5.74, 6) is 1.12. The van der Waals surface area contributed by atoms with Crippen molar-refractivity contribution >= 4 is 50.8 Å². The van der Waals surface area contributed by atoms with Gasteiger partial charge < -0.3 is 20.4 Å². The Morgan fingerprint density at radius 3 is 1.75 bits per heavy atom. The summed E-state index contributed by atoms with van der Waals surface area (Å²) in [7, 11) is 0. The summed E-state index contributed by atoms with van der Waals surface area (Å²) in [4.78, 5) is 15.5. The molecule has 0 radical (unpaired) electrons. The van der Waals surface area contributed by atoms with Crippen molar-refractivity contribution in [3.63, 3.8) is 0 Å². The molecule has 3 aliphatic rings. The van der Waals surface area contributed by atoms with Gasteiger partial charge in [0.2, 0.25) is 0 Å². The molecule has 0 spiro atoms. The van der Waals surface area contributed by atoms with E-state index in [9.17, 15) is 0 Å². The van der Waals surface area contributed by atoms with E-state index in [1.807, 2.05) is 24.3 Å². The van der Waals surface area contributed by atoms with Crippen molar-refractivity contribution in [2.24, 2.45) is 11.8 Å². The first-order valence-corrected chi connectivity index (χ1v) is 22.4. The van der Waals surface area contributed by atoms with Crippen LogP contribution in [0, 0.1) is 18.8 Å². The molecule has 1 saturated carbocycles.